The van der Waals surface area contributed by atoms with Crippen molar-refractivity contribution in [2.45, 2.75) is 6.42 Å². The third-order valence-corrected chi connectivity index (χ3v) is 4.22. The van der Waals surface area contributed by atoms with Gasteiger partial charge in [0, 0.05) is 36.7 Å². The molecule has 0 radical (unpaired) electrons. The minimum absolute atomic E-state index is 0.00554. The van der Waals surface area contributed by atoms with Crippen LogP contribution in [0.1, 0.15) is 15.4 Å². The molecule has 0 bridgehead atoms. The number of nitrogens with zero attached hydrogens (tertiary/aromatic N) is 2. The maximum atomic E-state index is 12.0. The Kier molecular flexibility index (Phi) is 5.11. The number of halogens is 2. The molecule has 1 heterocycles. The van der Waals surface area contributed by atoms with Crippen molar-refractivity contribution in [3.05, 3.63) is 54.4 Å². The van der Waals surface area contributed by atoms with Gasteiger partial charge in [0.2, 0.25) is 0 Å². The Morgan fingerprint density at radius 3 is 2.81 bits per heavy atom. The summed E-state index contributed by atoms with van der Waals surface area (Å²) in [7, 11) is 0. The second-order valence-corrected chi connectivity index (χ2v) is 5.74. The van der Waals surface area contributed by atoms with Crippen molar-refractivity contribution in [2.75, 3.05) is 6.54 Å². The maximum Gasteiger partial charge on any atom is 0.271 e. The number of amides is 1. The SMILES string of the molecule is O=C(NCCc1nccs1)c1cc([N+](=O)[O-])cc(Cl)c1Cl. The van der Waals surface area contributed by atoms with Gasteiger partial charge in [0.1, 0.15) is 0 Å². The molecular formula is C12H9Cl2N3O3S. The van der Waals surface area contributed by atoms with E-state index in [0.29, 0.717) is 13.0 Å². The molecule has 1 N–H and O–H groups in total. The monoisotopic (exact) mass is 345 g/mol. The number of nitro benzene ring substituents is 1. The lowest BCUT2D eigenvalue weighted by Crippen LogP contribution is -2.26. The fourth-order valence-corrected chi connectivity index (χ4v) is 2.63. The number of aromatic nitrogens is 1. The van der Waals surface area contributed by atoms with E-state index in [4.69, 9.17) is 23.2 Å². The van der Waals surface area contributed by atoms with Gasteiger partial charge in [0.15, 0.2) is 0 Å². The van der Waals surface area contributed by atoms with Crippen molar-refractivity contribution in [3.63, 3.8) is 0 Å². The van der Waals surface area contributed by atoms with E-state index < -0.39 is 10.8 Å². The highest BCUT2D eigenvalue weighted by Crippen LogP contribution is 2.30. The molecule has 21 heavy (non-hydrogen) atoms. The molecule has 0 atom stereocenters. The van der Waals surface area contributed by atoms with Gasteiger partial charge in [-0.3, -0.25) is 14.9 Å². The van der Waals surface area contributed by atoms with Crippen molar-refractivity contribution >= 4 is 46.1 Å². The first-order valence-corrected chi connectivity index (χ1v) is 7.42. The van der Waals surface area contributed by atoms with Crippen LogP contribution in [0, 0.1) is 10.1 Å². The van der Waals surface area contributed by atoms with Crippen molar-refractivity contribution in [3.8, 4) is 0 Å². The molecule has 0 unspecified atom stereocenters. The van der Waals surface area contributed by atoms with Crippen LogP contribution in [-0.2, 0) is 6.42 Å². The van der Waals surface area contributed by atoms with E-state index in [0.717, 1.165) is 17.1 Å². The molecular weight excluding hydrogens is 337 g/mol. The summed E-state index contributed by atoms with van der Waals surface area (Å²) in [4.78, 5) is 26.3. The molecule has 1 aromatic heterocycles. The average molecular weight is 346 g/mol. The highest BCUT2D eigenvalue weighted by Gasteiger charge is 2.19. The van der Waals surface area contributed by atoms with Crippen LogP contribution in [0.2, 0.25) is 10.0 Å². The average Bonchev–Trinajstić information content (AvgIpc) is 2.94. The maximum absolute atomic E-state index is 12.0. The van der Waals surface area contributed by atoms with Gasteiger partial charge in [-0.05, 0) is 0 Å². The summed E-state index contributed by atoms with van der Waals surface area (Å²) in [6.45, 7) is 0.350. The summed E-state index contributed by atoms with van der Waals surface area (Å²) in [5, 5.41) is 16.1. The highest BCUT2D eigenvalue weighted by atomic mass is 35.5. The quantitative estimate of drug-likeness (QED) is 0.665. The van der Waals surface area contributed by atoms with E-state index in [1.807, 2.05) is 5.38 Å². The highest BCUT2D eigenvalue weighted by molar-refractivity contribution is 7.09. The molecule has 2 rings (SSSR count). The molecule has 110 valence electrons. The van der Waals surface area contributed by atoms with E-state index >= 15 is 0 Å². The van der Waals surface area contributed by atoms with Crippen molar-refractivity contribution in [1.29, 1.82) is 0 Å². The number of nitro groups is 1. The summed E-state index contributed by atoms with van der Waals surface area (Å²) in [6.07, 6.45) is 2.25. The lowest BCUT2D eigenvalue weighted by molar-refractivity contribution is -0.384. The Bertz CT molecular complexity index is 677. The summed E-state index contributed by atoms with van der Waals surface area (Å²) in [6, 6.07) is 2.21. The van der Waals surface area contributed by atoms with Gasteiger partial charge in [-0.15, -0.1) is 11.3 Å². The lowest BCUT2D eigenvalue weighted by Gasteiger charge is -2.07. The van der Waals surface area contributed by atoms with Crippen molar-refractivity contribution < 1.29 is 9.72 Å². The fourth-order valence-electron chi connectivity index (χ4n) is 1.60. The molecule has 6 nitrogen and oxygen atoms in total. The van der Waals surface area contributed by atoms with Gasteiger partial charge < -0.3 is 5.32 Å². The summed E-state index contributed by atoms with van der Waals surface area (Å²) < 4.78 is 0. The van der Waals surface area contributed by atoms with Crippen LogP contribution in [0.3, 0.4) is 0 Å². The topological polar surface area (TPSA) is 85.1 Å². The van der Waals surface area contributed by atoms with Crippen molar-refractivity contribution in [2.24, 2.45) is 0 Å². The van der Waals surface area contributed by atoms with Gasteiger partial charge in [0.05, 0.1) is 25.5 Å². The largest absolute Gasteiger partial charge is 0.352 e. The number of non-ortho nitro benzene ring substituents is 1. The smallest absolute Gasteiger partial charge is 0.271 e. The van der Waals surface area contributed by atoms with Crippen LogP contribution in [0.25, 0.3) is 0 Å². The van der Waals surface area contributed by atoms with Gasteiger partial charge in [-0.1, -0.05) is 23.2 Å². The van der Waals surface area contributed by atoms with Crippen LogP contribution >= 0.6 is 34.5 Å². The van der Waals surface area contributed by atoms with Gasteiger partial charge >= 0.3 is 0 Å². The normalized spacial score (nSPS) is 10.4. The Labute approximate surface area is 133 Å². The van der Waals surface area contributed by atoms with Crippen LogP contribution < -0.4 is 5.32 Å². The third kappa shape index (κ3) is 3.90. The van der Waals surface area contributed by atoms with Crippen LogP contribution in [0.15, 0.2) is 23.7 Å². The minimum Gasteiger partial charge on any atom is -0.352 e. The van der Waals surface area contributed by atoms with E-state index in [9.17, 15) is 14.9 Å². The second-order valence-electron chi connectivity index (χ2n) is 3.98. The lowest BCUT2D eigenvalue weighted by atomic mass is 10.2. The first kappa shape index (κ1) is 15.7. The Morgan fingerprint density at radius 2 is 2.19 bits per heavy atom. The molecule has 0 aliphatic heterocycles. The number of thiazole rings is 1. The minimum atomic E-state index is -0.630. The number of benzene rings is 1. The summed E-state index contributed by atoms with van der Waals surface area (Å²) in [5.74, 6) is -0.512. The van der Waals surface area contributed by atoms with Gasteiger partial charge in [0.25, 0.3) is 11.6 Å². The first-order chi connectivity index (χ1) is 9.99. The molecule has 0 spiro atoms. The predicted molar refractivity (Wildman–Crippen MR) is 81.3 cm³/mol. The molecule has 2 aromatic rings. The van der Waals surface area contributed by atoms with Crippen LogP contribution in [-0.4, -0.2) is 22.4 Å². The third-order valence-electron chi connectivity index (χ3n) is 2.58. The zero-order valence-corrected chi connectivity index (χ0v) is 12.8. The molecule has 1 aromatic carbocycles. The molecule has 9 heteroatoms. The number of carbonyl (C=O) groups excluding carboxylic acids is 1. The fraction of sp³-hybridized carbons (Fsp3) is 0.167. The molecule has 1 amide bonds. The zero-order valence-electron chi connectivity index (χ0n) is 10.5. The van der Waals surface area contributed by atoms with Crippen molar-refractivity contribution in [1.82, 2.24) is 10.3 Å². The second kappa shape index (κ2) is 6.84. The van der Waals surface area contributed by atoms with E-state index in [2.05, 4.69) is 10.3 Å². The van der Waals surface area contributed by atoms with Crippen LogP contribution in [0.5, 0.6) is 0 Å². The van der Waals surface area contributed by atoms with Gasteiger partial charge in [-0.2, -0.15) is 0 Å². The summed E-state index contributed by atoms with van der Waals surface area (Å²) >= 11 is 13.2. The molecule has 0 aliphatic rings. The summed E-state index contributed by atoms with van der Waals surface area (Å²) in [5.41, 5.74) is -0.301. The van der Waals surface area contributed by atoms with E-state index in [-0.39, 0.29) is 21.3 Å². The predicted octanol–water partition coefficient (Wildman–Crippen LogP) is 3.33. The Morgan fingerprint density at radius 1 is 1.43 bits per heavy atom. The van der Waals surface area contributed by atoms with E-state index in [1.54, 1.807) is 6.20 Å². The van der Waals surface area contributed by atoms with Gasteiger partial charge in [-0.25, -0.2) is 4.98 Å². The number of nitrogens with one attached hydrogen (secondary N) is 1. The first-order valence-electron chi connectivity index (χ1n) is 5.79. The zero-order chi connectivity index (χ0) is 15.4. The van der Waals surface area contributed by atoms with Crippen LogP contribution in [0.4, 0.5) is 5.69 Å². The number of hydrogen-bond donors (Lipinski definition) is 1. The molecule has 0 aliphatic carbocycles. The standard InChI is InChI=1S/C12H9Cl2N3O3S/c13-9-6-7(17(19)20)5-8(11(9)14)12(18)16-2-1-10-15-3-4-21-10/h3-6H,1-2H2,(H,16,18). The number of carbonyl (C=O) groups is 1. The molecule has 0 fully saturated rings. The molecule has 0 saturated heterocycles. The Balaban J connectivity index is 2.09. The van der Waals surface area contributed by atoms with E-state index in [1.165, 1.54) is 11.3 Å². The number of rotatable bonds is 5. The number of hydrogen-bond acceptors (Lipinski definition) is 5. The molecule has 0 saturated carbocycles. The Hall–Kier alpha value is -1.70.